The molecule has 0 unspecified atom stereocenters. The molecule has 1 aromatic heterocycles. The molecule has 3 aromatic carbocycles. The zero-order valence-electron chi connectivity index (χ0n) is 15.8. The highest BCUT2D eigenvalue weighted by molar-refractivity contribution is 6.12. The fraction of sp³-hybridized carbons (Fsp3) is 0.0833. The Balaban J connectivity index is 1.88. The number of hydrogen-bond acceptors (Lipinski definition) is 4. The highest BCUT2D eigenvalue weighted by Gasteiger charge is 2.22. The number of amides is 1. The molecule has 0 saturated heterocycles. The van der Waals surface area contributed by atoms with Crippen molar-refractivity contribution in [2.75, 3.05) is 11.9 Å². The summed E-state index contributed by atoms with van der Waals surface area (Å²) < 4.78 is 11.1. The Kier molecular flexibility index (Phi) is 5.12. The van der Waals surface area contributed by atoms with Crippen molar-refractivity contribution < 1.29 is 13.9 Å². The van der Waals surface area contributed by atoms with Crippen molar-refractivity contribution in [2.45, 2.75) is 6.92 Å². The number of hydrogen-bond donors (Lipinski definition) is 1. The van der Waals surface area contributed by atoms with E-state index in [1.165, 1.54) is 0 Å². The zero-order valence-corrected chi connectivity index (χ0v) is 15.8. The zero-order chi connectivity index (χ0) is 20.2. The summed E-state index contributed by atoms with van der Waals surface area (Å²) in [5, 5.41) is 3.91. The van der Waals surface area contributed by atoms with Crippen LogP contribution in [0.2, 0.25) is 0 Å². The van der Waals surface area contributed by atoms with Crippen LogP contribution in [-0.2, 0) is 0 Å². The van der Waals surface area contributed by atoms with Gasteiger partial charge in [-0.1, -0.05) is 60.7 Å². The van der Waals surface area contributed by atoms with Gasteiger partial charge in [-0.15, -0.1) is 0 Å². The number of ether oxygens (including phenoxy) is 1. The molecule has 0 spiro atoms. The third-order valence-electron chi connectivity index (χ3n) is 4.54. The van der Waals surface area contributed by atoms with Crippen LogP contribution in [0.25, 0.3) is 21.9 Å². The fourth-order valence-electron chi connectivity index (χ4n) is 3.28. The van der Waals surface area contributed by atoms with E-state index in [0.29, 0.717) is 34.4 Å². The fourth-order valence-corrected chi connectivity index (χ4v) is 3.28. The van der Waals surface area contributed by atoms with Crippen molar-refractivity contribution in [2.24, 2.45) is 0 Å². The molecule has 0 bridgehead atoms. The predicted octanol–water partition coefficient (Wildman–Crippen LogP) is 5.11. The van der Waals surface area contributed by atoms with Gasteiger partial charge in [-0.25, -0.2) is 4.79 Å². The number of benzene rings is 3. The quantitative estimate of drug-likeness (QED) is 0.518. The molecule has 0 fully saturated rings. The first-order valence-corrected chi connectivity index (χ1v) is 9.33. The summed E-state index contributed by atoms with van der Waals surface area (Å²) in [7, 11) is 0. The molecule has 1 amide bonds. The number of rotatable bonds is 5. The van der Waals surface area contributed by atoms with Crippen molar-refractivity contribution >= 4 is 22.4 Å². The first-order chi connectivity index (χ1) is 14.2. The summed E-state index contributed by atoms with van der Waals surface area (Å²) in [6.45, 7) is 2.34. The summed E-state index contributed by atoms with van der Waals surface area (Å²) in [6, 6.07) is 23.7. The number of carbonyl (C=O) groups is 1. The largest absolute Gasteiger partial charge is 0.492 e. The predicted molar refractivity (Wildman–Crippen MR) is 113 cm³/mol. The number of fused-ring (bicyclic) bond motifs is 1. The molecule has 144 valence electrons. The second kappa shape index (κ2) is 8.02. The number of para-hydroxylation sites is 2. The van der Waals surface area contributed by atoms with Crippen LogP contribution in [-0.4, -0.2) is 12.5 Å². The Bertz CT molecular complexity index is 1230. The van der Waals surface area contributed by atoms with E-state index < -0.39 is 11.5 Å². The molecule has 5 heteroatoms. The first kappa shape index (κ1) is 18.5. The molecule has 29 heavy (non-hydrogen) atoms. The molecule has 0 saturated carbocycles. The minimum absolute atomic E-state index is 0.0359. The normalized spacial score (nSPS) is 10.7. The molecular weight excluding hydrogens is 366 g/mol. The second-order valence-electron chi connectivity index (χ2n) is 6.39. The third kappa shape index (κ3) is 3.62. The van der Waals surface area contributed by atoms with Crippen LogP contribution < -0.4 is 15.7 Å². The standard InChI is InChI=1S/C24H19NO4/c1-2-28-20-15-9-8-14-19(20)25-23(26)22-21(16-10-4-3-5-11-16)17-12-6-7-13-18(17)24(27)29-22/h3-15H,2H2,1H3,(H,25,26). The topological polar surface area (TPSA) is 68.5 Å². The van der Waals surface area contributed by atoms with Crippen molar-refractivity contribution in [3.05, 3.63) is 95.0 Å². The Morgan fingerprint density at radius 3 is 2.31 bits per heavy atom. The van der Waals surface area contributed by atoms with Gasteiger partial charge in [0, 0.05) is 10.9 Å². The van der Waals surface area contributed by atoms with Gasteiger partial charge in [0.05, 0.1) is 17.7 Å². The van der Waals surface area contributed by atoms with Crippen LogP contribution in [0, 0.1) is 0 Å². The molecule has 1 heterocycles. The maximum atomic E-state index is 13.2. The number of anilines is 1. The highest BCUT2D eigenvalue weighted by Crippen LogP contribution is 2.32. The molecule has 0 aliphatic rings. The van der Waals surface area contributed by atoms with E-state index in [1.807, 2.05) is 55.5 Å². The number of nitrogens with one attached hydrogen (secondary N) is 1. The molecule has 0 aliphatic carbocycles. The van der Waals surface area contributed by atoms with Gasteiger partial charge >= 0.3 is 5.63 Å². The lowest BCUT2D eigenvalue weighted by molar-refractivity contribution is 0.0993. The van der Waals surface area contributed by atoms with E-state index in [0.717, 1.165) is 5.56 Å². The summed E-state index contributed by atoms with van der Waals surface area (Å²) >= 11 is 0. The molecule has 0 atom stereocenters. The van der Waals surface area contributed by atoms with E-state index in [-0.39, 0.29) is 5.76 Å². The monoisotopic (exact) mass is 385 g/mol. The van der Waals surface area contributed by atoms with Crippen LogP contribution in [0.3, 0.4) is 0 Å². The average molecular weight is 385 g/mol. The maximum absolute atomic E-state index is 13.2. The smallest absolute Gasteiger partial charge is 0.344 e. The maximum Gasteiger partial charge on any atom is 0.344 e. The average Bonchev–Trinajstić information content (AvgIpc) is 2.76. The highest BCUT2D eigenvalue weighted by atomic mass is 16.5. The van der Waals surface area contributed by atoms with Crippen LogP contribution in [0.4, 0.5) is 5.69 Å². The summed E-state index contributed by atoms with van der Waals surface area (Å²) in [5.41, 5.74) is 1.32. The van der Waals surface area contributed by atoms with E-state index in [4.69, 9.17) is 9.15 Å². The SMILES string of the molecule is CCOc1ccccc1NC(=O)c1oc(=O)c2ccccc2c1-c1ccccc1. The van der Waals surface area contributed by atoms with Gasteiger partial charge in [0.25, 0.3) is 5.91 Å². The molecule has 5 nitrogen and oxygen atoms in total. The Labute approximate surface area is 167 Å². The van der Waals surface area contributed by atoms with Crippen LogP contribution in [0.1, 0.15) is 17.5 Å². The van der Waals surface area contributed by atoms with Gasteiger partial charge in [-0.05, 0) is 30.7 Å². The van der Waals surface area contributed by atoms with Gasteiger partial charge in [0.15, 0.2) is 0 Å². The molecule has 1 N–H and O–H groups in total. The lowest BCUT2D eigenvalue weighted by atomic mass is 9.98. The van der Waals surface area contributed by atoms with Crippen molar-refractivity contribution in [3.8, 4) is 16.9 Å². The summed E-state index contributed by atoms with van der Waals surface area (Å²) in [5.74, 6) is -0.00203. The van der Waals surface area contributed by atoms with Gasteiger partial charge in [-0.3, -0.25) is 4.79 Å². The lowest BCUT2D eigenvalue weighted by Crippen LogP contribution is -2.17. The minimum Gasteiger partial charge on any atom is -0.492 e. The third-order valence-corrected chi connectivity index (χ3v) is 4.54. The molecule has 4 aromatic rings. The van der Waals surface area contributed by atoms with E-state index in [9.17, 15) is 9.59 Å². The summed E-state index contributed by atoms with van der Waals surface area (Å²) in [6.07, 6.45) is 0. The van der Waals surface area contributed by atoms with Gasteiger partial charge in [0.2, 0.25) is 5.76 Å². The minimum atomic E-state index is -0.552. The first-order valence-electron chi connectivity index (χ1n) is 9.33. The Hall–Kier alpha value is -3.86. The molecular formula is C24H19NO4. The van der Waals surface area contributed by atoms with Crippen LogP contribution in [0.5, 0.6) is 5.75 Å². The summed E-state index contributed by atoms with van der Waals surface area (Å²) in [4.78, 5) is 25.7. The van der Waals surface area contributed by atoms with Gasteiger partial charge < -0.3 is 14.5 Å². The van der Waals surface area contributed by atoms with Crippen LogP contribution in [0.15, 0.2) is 88.1 Å². The van der Waals surface area contributed by atoms with E-state index in [1.54, 1.807) is 30.3 Å². The molecule has 4 rings (SSSR count). The Morgan fingerprint density at radius 1 is 0.897 bits per heavy atom. The lowest BCUT2D eigenvalue weighted by Gasteiger charge is -2.14. The molecule has 0 aliphatic heterocycles. The van der Waals surface area contributed by atoms with E-state index >= 15 is 0 Å². The van der Waals surface area contributed by atoms with Crippen molar-refractivity contribution in [1.29, 1.82) is 0 Å². The van der Waals surface area contributed by atoms with E-state index in [2.05, 4.69) is 5.32 Å². The second-order valence-corrected chi connectivity index (χ2v) is 6.39. The van der Waals surface area contributed by atoms with Gasteiger partial charge in [-0.2, -0.15) is 0 Å². The van der Waals surface area contributed by atoms with Gasteiger partial charge in [0.1, 0.15) is 5.75 Å². The van der Waals surface area contributed by atoms with Crippen LogP contribution >= 0.6 is 0 Å². The Morgan fingerprint density at radius 2 is 1.55 bits per heavy atom. The van der Waals surface area contributed by atoms with Crippen molar-refractivity contribution in [3.63, 3.8) is 0 Å². The molecule has 0 radical (unpaired) electrons. The number of carbonyl (C=O) groups excluding carboxylic acids is 1. The van der Waals surface area contributed by atoms with Crippen molar-refractivity contribution in [1.82, 2.24) is 0 Å².